The van der Waals surface area contributed by atoms with Crippen LogP contribution in [0.15, 0.2) is 0 Å². The minimum absolute atomic E-state index is 0.00892. The average molecular weight is 313 g/mol. The lowest BCUT2D eigenvalue weighted by atomic mass is 10.0. The van der Waals surface area contributed by atoms with E-state index in [1.54, 1.807) is 0 Å². The maximum absolute atomic E-state index is 10.9. The number of aliphatic hydroxyl groups excluding tert-OH is 1. The van der Waals surface area contributed by atoms with E-state index in [4.69, 9.17) is 5.11 Å². The number of Topliss-reactive ketones (excluding diaryl/α,β-unsaturated/α-hetero) is 1. The lowest BCUT2D eigenvalue weighted by Gasteiger charge is -2.03. The van der Waals surface area contributed by atoms with Crippen molar-refractivity contribution in [2.75, 3.05) is 6.61 Å². The fourth-order valence-electron chi connectivity index (χ4n) is 2.95. The summed E-state index contributed by atoms with van der Waals surface area (Å²) in [5, 5.41) is 8.61. The minimum Gasteiger partial charge on any atom is -0.389 e. The van der Waals surface area contributed by atoms with Crippen LogP contribution < -0.4 is 0 Å². The summed E-state index contributed by atoms with van der Waals surface area (Å²) in [7, 11) is 0. The molecule has 0 aliphatic carbocycles. The number of ketones is 1. The van der Waals surface area contributed by atoms with Crippen LogP contribution in [0.5, 0.6) is 0 Å². The van der Waals surface area contributed by atoms with Gasteiger partial charge in [0.2, 0.25) is 0 Å². The molecule has 0 radical (unpaired) electrons. The molecule has 0 aromatic heterocycles. The van der Waals surface area contributed by atoms with Crippen LogP contribution in [-0.2, 0) is 4.79 Å². The Balaban J connectivity index is 2.98. The van der Waals surface area contributed by atoms with Crippen LogP contribution in [0.25, 0.3) is 0 Å². The number of hydrogen-bond donors (Lipinski definition) is 1. The first kappa shape index (κ1) is 21.6. The molecule has 0 aliphatic heterocycles. The fourth-order valence-corrected chi connectivity index (χ4v) is 2.95. The predicted molar refractivity (Wildman–Crippen MR) is 96.3 cm³/mol. The van der Waals surface area contributed by atoms with Crippen molar-refractivity contribution >= 4 is 5.78 Å². The van der Waals surface area contributed by atoms with Gasteiger partial charge in [-0.15, -0.1) is 0 Å². The van der Waals surface area contributed by atoms with E-state index >= 15 is 0 Å². The van der Waals surface area contributed by atoms with Gasteiger partial charge in [-0.05, 0) is 6.42 Å². The number of carbonyl (C=O) groups is 1. The summed E-state index contributed by atoms with van der Waals surface area (Å²) >= 11 is 0. The van der Waals surface area contributed by atoms with Crippen molar-refractivity contribution in [2.24, 2.45) is 0 Å². The number of hydrogen-bond acceptors (Lipinski definition) is 2. The molecule has 0 aromatic rings. The second-order valence-electron chi connectivity index (χ2n) is 6.75. The van der Waals surface area contributed by atoms with Gasteiger partial charge in [0, 0.05) is 6.42 Å². The highest BCUT2D eigenvalue weighted by molar-refractivity contribution is 5.79. The van der Waals surface area contributed by atoms with Gasteiger partial charge < -0.3 is 5.11 Å². The highest BCUT2D eigenvalue weighted by Crippen LogP contribution is 2.13. The molecule has 0 saturated carbocycles. The van der Waals surface area contributed by atoms with Gasteiger partial charge in [0.25, 0.3) is 0 Å². The van der Waals surface area contributed by atoms with E-state index in [1.165, 1.54) is 89.9 Å². The van der Waals surface area contributed by atoms with E-state index in [-0.39, 0.29) is 12.4 Å². The zero-order chi connectivity index (χ0) is 16.3. The second-order valence-corrected chi connectivity index (χ2v) is 6.75. The lowest BCUT2D eigenvalue weighted by Crippen LogP contribution is -2.02. The SMILES string of the molecule is CCCCCCCCCCCCCCCCCCC(=O)CO. The molecule has 0 spiro atoms. The Labute approximate surface area is 139 Å². The molecule has 2 heteroatoms. The molecule has 0 unspecified atom stereocenters. The molecule has 1 N–H and O–H groups in total. The molecular formula is C20H40O2. The molecule has 0 atom stereocenters. The van der Waals surface area contributed by atoms with Crippen LogP contribution in [0.1, 0.15) is 116 Å². The molecule has 0 fully saturated rings. The standard InChI is InChI=1S/C20H40O2/c1-2-3-4-5-6-7-8-9-10-11-12-13-14-15-16-17-18-20(22)19-21/h21H,2-19H2,1H3. The lowest BCUT2D eigenvalue weighted by molar-refractivity contribution is -0.121. The molecule has 0 bridgehead atoms. The second kappa shape index (κ2) is 18.7. The Kier molecular flexibility index (Phi) is 18.4. The van der Waals surface area contributed by atoms with Gasteiger partial charge >= 0.3 is 0 Å². The van der Waals surface area contributed by atoms with E-state index in [1.807, 2.05) is 0 Å². The van der Waals surface area contributed by atoms with Crippen molar-refractivity contribution in [3.63, 3.8) is 0 Å². The number of unbranched alkanes of at least 4 members (excludes halogenated alkanes) is 15. The Bertz CT molecular complexity index is 226. The Morgan fingerprint density at radius 3 is 1.23 bits per heavy atom. The highest BCUT2D eigenvalue weighted by atomic mass is 16.3. The largest absolute Gasteiger partial charge is 0.389 e. The smallest absolute Gasteiger partial charge is 0.158 e. The Morgan fingerprint density at radius 1 is 0.591 bits per heavy atom. The van der Waals surface area contributed by atoms with Crippen LogP contribution in [0.2, 0.25) is 0 Å². The minimum atomic E-state index is -0.279. The molecule has 2 nitrogen and oxygen atoms in total. The molecule has 0 saturated heterocycles. The maximum Gasteiger partial charge on any atom is 0.158 e. The normalized spacial score (nSPS) is 11.0. The zero-order valence-electron chi connectivity index (χ0n) is 15.1. The van der Waals surface area contributed by atoms with Crippen molar-refractivity contribution in [2.45, 2.75) is 116 Å². The van der Waals surface area contributed by atoms with Crippen molar-refractivity contribution < 1.29 is 9.90 Å². The van der Waals surface area contributed by atoms with Crippen molar-refractivity contribution in [1.29, 1.82) is 0 Å². The summed E-state index contributed by atoms with van der Waals surface area (Å²) in [6.45, 7) is 2.00. The van der Waals surface area contributed by atoms with E-state index in [0.29, 0.717) is 6.42 Å². The molecule has 132 valence electrons. The van der Waals surface area contributed by atoms with Crippen LogP contribution in [0.3, 0.4) is 0 Å². The Hall–Kier alpha value is -0.370. The third kappa shape index (κ3) is 17.7. The van der Waals surface area contributed by atoms with Gasteiger partial charge in [0.1, 0.15) is 6.61 Å². The van der Waals surface area contributed by atoms with Gasteiger partial charge in [-0.2, -0.15) is 0 Å². The summed E-state index contributed by atoms with van der Waals surface area (Å²) in [6, 6.07) is 0. The summed E-state index contributed by atoms with van der Waals surface area (Å²) in [5.74, 6) is -0.00892. The molecule has 22 heavy (non-hydrogen) atoms. The van der Waals surface area contributed by atoms with Crippen LogP contribution in [0.4, 0.5) is 0 Å². The zero-order valence-corrected chi connectivity index (χ0v) is 15.1. The van der Waals surface area contributed by atoms with Gasteiger partial charge in [0.15, 0.2) is 5.78 Å². The predicted octanol–water partition coefficient (Wildman–Crippen LogP) is 6.20. The number of rotatable bonds is 18. The van der Waals surface area contributed by atoms with Gasteiger partial charge in [-0.25, -0.2) is 0 Å². The summed E-state index contributed by atoms with van der Waals surface area (Å²) in [6.07, 6.45) is 22.2. The van der Waals surface area contributed by atoms with Crippen LogP contribution >= 0.6 is 0 Å². The van der Waals surface area contributed by atoms with E-state index in [2.05, 4.69) is 6.92 Å². The van der Waals surface area contributed by atoms with Crippen LogP contribution in [-0.4, -0.2) is 17.5 Å². The maximum atomic E-state index is 10.9. The number of carbonyl (C=O) groups excluding carboxylic acids is 1. The summed E-state index contributed by atoms with van der Waals surface area (Å²) in [5.41, 5.74) is 0. The molecule has 0 heterocycles. The Morgan fingerprint density at radius 2 is 0.909 bits per heavy atom. The first-order valence-corrected chi connectivity index (χ1v) is 9.93. The summed E-state index contributed by atoms with van der Waals surface area (Å²) < 4.78 is 0. The van der Waals surface area contributed by atoms with Crippen LogP contribution in [0, 0.1) is 0 Å². The topological polar surface area (TPSA) is 37.3 Å². The monoisotopic (exact) mass is 312 g/mol. The summed E-state index contributed by atoms with van der Waals surface area (Å²) in [4.78, 5) is 10.9. The van der Waals surface area contributed by atoms with Crippen molar-refractivity contribution in [1.82, 2.24) is 0 Å². The first-order chi connectivity index (χ1) is 10.8. The van der Waals surface area contributed by atoms with Gasteiger partial charge in [-0.1, -0.05) is 103 Å². The number of aliphatic hydroxyl groups is 1. The molecular weight excluding hydrogens is 272 g/mol. The molecule has 0 aromatic carbocycles. The third-order valence-electron chi connectivity index (χ3n) is 4.49. The molecule has 0 aliphatic rings. The van der Waals surface area contributed by atoms with E-state index in [0.717, 1.165) is 12.8 Å². The van der Waals surface area contributed by atoms with Crippen molar-refractivity contribution in [3.05, 3.63) is 0 Å². The highest BCUT2D eigenvalue weighted by Gasteiger charge is 1.98. The van der Waals surface area contributed by atoms with Gasteiger partial charge in [0.05, 0.1) is 0 Å². The fraction of sp³-hybridized carbons (Fsp3) is 0.950. The van der Waals surface area contributed by atoms with E-state index in [9.17, 15) is 4.79 Å². The molecule has 0 amide bonds. The van der Waals surface area contributed by atoms with Gasteiger partial charge in [-0.3, -0.25) is 4.79 Å². The first-order valence-electron chi connectivity index (χ1n) is 9.93. The average Bonchev–Trinajstić information content (AvgIpc) is 2.54. The van der Waals surface area contributed by atoms with Crippen molar-refractivity contribution in [3.8, 4) is 0 Å². The van der Waals surface area contributed by atoms with E-state index < -0.39 is 0 Å². The third-order valence-corrected chi connectivity index (χ3v) is 4.49. The quantitative estimate of drug-likeness (QED) is 0.306. The molecule has 0 rings (SSSR count).